The van der Waals surface area contributed by atoms with Crippen LogP contribution in [0.5, 0.6) is 0 Å². The van der Waals surface area contributed by atoms with E-state index in [9.17, 15) is 9.59 Å². The van der Waals surface area contributed by atoms with E-state index in [1.807, 2.05) is 21.0 Å². The smallest absolute Gasteiger partial charge is 0.361 e. The Morgan fingerprint density at radius 2 is 1.89 bits per heavy atom. The first kappa shape index (κ1) is 15.9. The molecule has 0 radical (unpaired) electrons. The normalized spacial score (nSPS) is 15.7. The second-order valence-corrected chi connectivity index (χ2v) is 5.83. The third-order valence-electron chi connectivity index (χ3n) is 3.51. The molecule has 19 heavy (non-hydrogen) atoms. The first-order chi connectivity index (χ1) is 8.94. The molecule has 0 aliphatic heterocycles. The van der Waals surface area contributed by atoms with Gasteiger partial charge < -0.3 is 9.22 Å². The van der Waals surface area contributed by atoms with Crippen molar-refractivity contribution < 1.29 is 18.8 Å². The lowest BCUT2D eigenvalue weighted by atomic mass is 9.98. The van der Waals surface area contributed by atoms with Gasteiger partial charge >= 0.3 is 5.97 Å². The lowest BCUT2D eigenvalue weighted by molar-refractivity contribution is -0.883. The summed E-state index contributed by atoms with van der Waals surface area (Å²) in [7, 11) is 4.00. The van der Waals surface area contributed by atoms with Crippen LogP contribution in [0.4, 0.5) is 0 Å². The van der Waals surface area contributed by atoms with E-state index in [0.717, 1.165) is 25.8 Å². The summed E-state index contributed by atoms with van der Waals surface area (Å²) in [6, 6.07) is 0. The van der Waals surface area contributed by atoms with Gasteiger partial charge in [-0.3, -0.25) is 4.79 Å². The van der Waals surface area contributed by atoms with Crippen molar-refractivity contribution in [1.82, 2.24) is 0 Å². The van der Waals surface area contributed by atoms with Gasteiger partial charge in [-0.25, -0.2) is 4.79 Å². The van der Waals surface area contributed by atoms with Crippen LogP contribution in [0.2, 0.25) is 0 Å². The molecule has 0 aromatic heterocycles. The van der Waals surface area contributed by atoms with Crippen LogP contribution in [0.25, 0.3) is 0 Å². The van der Waals surface area contributed by atoms with Crippen molar-refractivity contribution in [2.45, 2.75) is 32.6 Å². The molecule has 1 aliphatic rings. The van der Waals surface area contributed by atoms with E-state index in [0.29, 0.717) is 29.8 Å². The number of likely N-dealkylation sites (N-methyl/N-ethyl adjacent to an activating group) is 1. The van der Waals surface area contributed by atoms with Crippen LogP contribution in [0.1, 0.15) is 32.6 Å². The fraction of sp³-hybridized carbons (Fsp3) is 0.733. The maximum absolute atomic E-state index is 11.9. The number of rotatable bonds is 8. The van der Waals surface area contributed by atoms with E-state index in [-0.39, 0.29) is 11.9 Å². The van der Waals surface area contributed by atoms with E-state index in [4.69, 9.17) is 4.74 Å². The van der Waals surface area contributed by atoms with Gasteiger partial charge in [0.15, 0.2) is 6.54 Å². The highest BCUT2D eigenvalue weighted by Crippen LogP contribution is 2.20. The summed E-state index contributed by atoms with van der Waals surface area (Å²) in [5.74, 6) is 0.403. The predicted octanol–water partition coefficient (Wildman–Crippen LogP) is 1.94. The Hall–Kier alpha value is -1.16. The molecule has 0 bridgehead atoms. The second kappa shape index (κ2) is 7.43. The third kappa shape index (κ3) is 6.01. The van der Waals surface area contributed by atoms with Crippen LogP contribution in [0, 0.1) is 5.92 Å². The van der Waals surface area contributed by atoms with E-state index < -0.39 is 0 Å². The van der Waals surface area contributed by atoms with E-state index >= 15 is 0 Å². The molecule has 4 heteroatoms. The van der Waals surface area contributed by atoms with Gasteiger partial charge in [-0.15, -0.1) is 0 Å². The monoisotopic (exact) mass is 268 g/mol. The topological polar surface area (TPSA) is 43.4 Å². The Morgan fingerprint density at radius 1 is 1.26 bits per heavy atom. The quantitative estimate of drug-likeness (QED) is 0.384. The Kier molecular flexibility index (Phi) is 6.22. The summed E-state index contributed by atoms with van der Waals surface area (Å²) in [6.07, 6.45) is 7.44. The summed E-state index contributed by atoms with van der Waals surface area (Å²) in [6.45, 7) is 3.43. The number of esters is 1. The van der Waals surface area contributed by atoms with E-state index in [1.54, 1.807) is 0 Å². The molecule has 1 rings (SSSR count). The minimum Gasteiger partial charge on any atom is -0.462 e. The first-order valence-corrected chi connectivity index (χ1v) is 7.10. The number of hydrogen-bond acceptors (Lipinski definition) is 3. The summed E-state index contributed by atoms with van der Waals surface area (Å²) in [4.78, 5) is 23.4. The van der Waals surface area contributed by atoms with Crippen LogP contribution >= 0.6 is 0 Å². The average Bonchev–Trinajstić information content (AvgIpc) is 2.81. The summed E-state index contributed by atoms with van der Waals surface area (Å²) < 4.78 is 5.54. The largest absolute Gasteiger partial charge is 0.462 e. The summed E-state index contributed by atoms with van der Waals surface area (Å²) in [5.41, 5.74) is 0. The van der Waals surface area contributed by atoms with Gasteiger partial charge in [-0.2, -0.15) is 0 Å². The summed E-state index contributed by atoms with van der Waals surface area (Å²) >= 11 is 0. The maximum atomic E-state index is 11.9. The molecule has 0 aromatic carbocycles. The summed E-state index contributed by atoms with van der Waals surface area (Å²) in [5, 5.41) is 0. The molecule has 0 unspecified atom stereocenters. The number of ketones is 1. The van der Waals surface area contributed by atoms with Gasteiger partial charge in [0.05, 0.1) is 27.2 Å². The van der Waals surface area contributed by atoms with Crippen molar-refractivity contribution in [1.29, 1.82) is 0 Å². The second-order valence-electron chi connectivity index (χ2n) is 5.83. The first-order valence-electron chi connectivity index (χ1n) is 7.10. The molecular weight excluding hydrogens is 242 g/mol. The number of carbonyl (C=O) groups excluding carboxylic acids is 2. The molecule has 0 amide bonds. The number of ether oxygens (including phenoxy) is 1. The molecule has 108 valence electrons. The molecule has 0 spiro atoms. The number of carbonyl (C=O) groups is 2. The number of hydrogen-bond donors (Lipinski definition) is 0. The van der Waals surface area contributed by atoms with Gasteiger partial charge in [0.1, 0.15) is 5.78 Å². The van der Waals surface area contributed by atoms with Crippen LogP contribution < -0.4 is 0 Å². The molecular formula is C15H26NO3+. The van der Waals surface area contributed by atoms with Gasteiger partial charge in [0.2, 0.25) is 0 Å². The van der Waals surface area contributed by atoms with Gasteiger partial charge in [0.25, 0.3) is 0 Å². The third-order valence-corrected chi connectivity index (χ3v) is 3.51. The lowest BCUT2D eigenvalue weighted by Crippen LogP contribution is -2.45. The Bertz CT molecular complexity index is 339. The molecule has 0 fully saturated rings. The molecule has 1 aliphatic carbocycles. The van der Waals surface area contributed by atoms with Gasteiger partial charge in [-0.05, 0) is 19.8 Å². The Labute approximate surface area is 116 Å². The molecule has 0 atom stereocenters. The molecule has 4 nitrogen and oxygen atoms in total. The fourth-order valence-electron chi connectivity index (χ4n) is 2.40. The van der Waals surface area contributed by atoms with E-state index in [2.05, 4.69) is 12.2 Å². The standard InChI is InChI=1S/C15H26NO3/c1-4-19-15(18)12-16(2,3)11-7-10-14(17)13-8-5-6-9-13/h5-6,13H,4,7-12H2,1-3H3/q+1. The van der Waals surface area contributed by atoms with Crippen molar-refractivity contribution >= 4 is 11.8 Å². The van der Waals surface area contributed by atoms with Crippen molar-refractivity contribution in [2.75, 3.05) is 33.8 Å². The number of Topliss-reactive ketones (excluding diaryl/α,β-unsaturated/α-hetero) is 1. The fourth-order valence-corrected chi connectivity index (χ4v) is 2.40. The zero-order chi connectivity index (χ0) is 14.3. The zero-order valence-corrected chi connectivity index (χ0v) is 12.4. The number of nitrogens with zero attached hydrogens (tertiary/aromatic N) is 1. The number of quaternary nitrogens is 1. The molecule has 0 aromatic rings. The minimum absolute atomic E-state index is 0.168. The van der Waals surface area contributed by atoms with Crippen LogP contribution in [0.15, 0.2) is 12.2 Å². The SMILES string of the molecule is CCOC(=O)C[N+](C)(C)CCCC(=O)C1CC=CC1. The molecule has 0 saturated heterocycles. The van der Waals surface area contributed by atoms with Crippen LogP contribution in [-0.4, -0.2) is 50.0 Å². The van der Waals surface area contributed by atoms with Crippen molar-refractivity contribution in [2.24, 2.45) is 5.92 Å². The van der Waals surface area contributed by atoms with Gasteiger partial charge in [0, 0.05) is 18.8 Å². The lowest BCUT2D eigenvalue weighted by Gasteiger charge is -2.28. The molecule has 0 N–H and O–H groups in total. The molecule has 0 heterocycles. The van der Waals surface area contributed by atoms with Gasteiger partial charge in [-0.1, -0.05) is 12.2 Å². The van der Waals surface area contributed by atoms with Crippen LogP contribution in [0.3, 0.4) is 0 Å². The highest BCUT2D eigenvalue weighted by Gasteiger charge is 2.23. The minimum atomic E-state index is -0.168. The van der Waals surface area contributed by atoms with Crippen LogP contribution in [-0.2, 0) is 14.3 Å². The zero-order valence-electron chi connectivity index (χ0n) is 12.4. The Balaban J connectivity index is 2.23. The Morgan fingerprint density at radius 3 is 2.47 bits per heavy atom. The maximum Gasteiger partial charge on any atom is 0.361 e. The van der Waals surface area contributed by atoms with Crippen molar-refractivity contribution in [3.8, 4) is 0 Å². The van der Waals surface area contributed by atoms with Crippen molar-refractivity contribution in [3.05, 3.63) is 12.2 Å². The highest BCUT2D eigenvalue weighted by molar-refractivity contribution is 5.81. The van der Waals surface area contributed by atoms with Crippen molar-refractivity contribution in [3.63, 3.8) is 0 Å². The number of allylic oxidation sites excluding steroid dienone is 2. The van der Waals surface area contributed by atoms with E-state index in [1.165, 1.54) is 0 Å². The molecule has 0 saturated carbocycles. The predicted molar refractivity (Wildman–Crippen MR) is 74.6 cm³/mol. The highest BCUT2D eigenvalue weighted by atomic mass is 16.5. The average molecular weight is 268 g/mol.